The molecule has 0 saturated heterocycles. The lowest BCUT2D eigenvalue weighted by molar-refractivity contribution is 0.173. The Morgan fingerprint density at radius 1 is 1.38 bits per heavy atom. The minimum Gasteiger partial charge on any atom is -0.324 e. The Bertz CT molecular complexity index is 354. The normalized spacial score (nSPS) is 20.9. The SMILES string of the molecule is CC(N)c1cccc(CC2(F)CCCC2)c1. The van der Waals surface area contributed by atoms with Crippen LogP contribution < -0.4 is 5.73 Å². The van der Waals surface area contributed by atoms with Crippen LogP contribution in [0.5, 0.6) is 0 Å². The summed E-state index contributed by atoms with van der Waals surface area (Å²) in [4.78, 5) is 0. The summed E-state index contributed by atoms with van der Waals surface area (Å²) in [7, 11) is 0. The molecule has 1 aromatic rings. The van der Waals surface area contributed by atoms with E-state index in [2.05, 4.69) is 0 Å². The standard InChI is InChI=1S/C14H20FN/c1-11(16)13-6-4-5-12(9-13)10-14(15)7-2-3-8-14/h4-6,9,11H,2-3,7-8,10,16H2,1H3. The molecule has 2 heteroatoms. The van der Waals surface area contributed by atoms with Crippen molar-refractivity contribution in [2.45, 2.75) is 50.7 Å². The van der Waals surface area contributed by atoms with Crippen molar-refractivity contribution < 1.29 is 4.39 Å². The molecule has 0 aromatic heterocycles. The summed E-state index contributed by atoms with van der Waals surface area (Å²) in [5.74, 6) is 0. The highest BCUT2D eigenvalue weighted by molar-refractivity contribution is 5.26. The molecule has 0 heterocycles. The molecule has 0 radical (unpaired) electrons. The minimum atomic E-state index is -0.962. The number of rotatable bonds is 3. The Balaban J connectivity index is 2.12. The van der Waals surface area contributed by atoms with E-state index in [1.807, 2.05) is 31.2 Å². The van der Waals surface area contributed by atoms with E-state index in [0.29, 0.717) is 6.42 Å². The van der Waals surface area contributed by atoms with Crippen LogP contribution in [0.15, 0.2) is 24.3 Å². The third-order valence-electron chi connectivity index (χ3n) is 3.50. The fraction of sp³-hybridized carbons (Fsp3) is 0.571. The molecule has 1 aliphatic carbocycles. The molecule has 1 aliphatic rings. The fourth-order valence-electron chi connectivity index (χ4n) is 2.54. The Labute approximate surface area is 96.9 Å². The summed E-state index contributed by atoms with van der Waals surface area (Å²) in [6, 6.07) is 8.06. The molecule has 0 amide bonds. The van der Waals surface area contributed by atoms with Gasteiger partial charge in [0.2, 0.25) is 0 Å². The zero-order chi connectivity index (χ0) is 11.6. The van der Waals surface area contributed by atoms with E-state index in [1.54, 1.807) is 0 Å². The van der Waals surface area contributed by atoms with Gasteiger partial charge in [-0.2, -0.15) is 0 Å². The van der Waals surface area contributed by atoms with Crippen molar-refractivity contribution in [2.75, 3.05) is 0 Å². The Hall–Kier alpha value is -0.890. The highest BCUT2D eigenvalue weighted by atomic mass is 19.1. The summed E-state index contributed by atoms with van der Waals surface area (Å²) in [6.45, 7) is 1.96. The molecule has 0 bridgehead atoms. The van der Waals surface area contributed by atoms with Crippen LogP contribution in [0.4, 0.5) is 4.39 Å². The van der Waals surface area contributed by atoms with Crippen molar-refractivity contribution in [1.82, 2.24) is 0 Å². The van der Waals surface area contributed by atoms with Crippen molar-refractivity contribution in [3.05, 3.63) is 35.4 Å². The van der Waals surface area contributed by atoms with Crippen LogP contribution in [0.2, 0.25) is 0 Å². The van der Waals surface area contributed by atoms with Crippen molar-refractivity contribution in [3.63, 3.8) is 0 Å². The van der Waals surface area contributed by atoms with Gasteiger partial charge in [-0.05, 0) is 30.9 Å². The highest BCUT2D eigenvalue weighted by Gasteiger charge is 2.33. The van der Waals surface area contributed by atoms with Gasteiger partial charge in [0.15, 0.2) is 0 Å². The maximum absolute atomic E-state index is 14.3. The zero-order valence-electron chi connectivity index (χ0n) is 9.88. The molecule has 88 valence electrons. The van der Waals surface area contributed by atoms with Crippen molar-refractivity contribution in [3.8, 4) is 0 Å². The second-order valence-electron chi connectivity index (χ2n) is 5.07. The molecule has 1 atom stereocenters. The average Bonchev–Trinajstić information content (AvgIpc) is 2.65. The highest BCUT2D eigenvalue weighted by Crippen LogP contribution is 2.36. The first-order chi connectivity index (χ1) is 7.59. The van der Waals surface area contributed by atoms with Crippen LogP contribution in [0.3, 0.4) is 0 Å². The van der Waals surface area contributed by atoms with E-state index >= 15 is 0 Å². The number of benzene rings is 1. The molecule has 1 saturated carbocycles. The number of alkyl halides is 1. The largest absolute Gasteiger partial charge is 0.324 e. The molecule has 1 aromatic carbocycles. The maximum Gasteiger partial charge on any atom is 0.115 e. The summed E-state index contributed by atoms with van der Waals surface area (Å²) in [6.07, 6.45) is 4.05. The molecule has 2 N–H and O–H groups in total. The lowest BCUT2D eigenvalue weighted by Gasteiger charge is -2.19. The van der Waals surface area contributed by atoms with E-state index in [-0.39, 0.29) is 6.04 Å². The lowest BCUT2D eigenvalue weighted by Crippen LogP contribution is -2.21. The third kappa shape index (κ3) is 2.62. The maximum atomic E-state index is 14.3. The van der Waals surface area contributed by atoms with Gasteiger partial charge in [-0.25, -0.2) is 4.39 Å². The molecule has 16 heavy (non-hydrogen) atoms. The summed E-state index contributed by atoms with van der Waals surface area (Å²) in [5.41, 5.74) is 7.05. The Morgan fingerprint density at radius 3 is 2.69 bits per heavy atom. The average molecular weight is 221 g/mol. The van der Waals surface area contributed by atoms with Gasteiger partial charge in [-0.3, -0.25) is 0 Å². The van der Waals surface area contributed by atoms with Crippen LogP contribution in [0.25, 0.3) is 0 Å². The second-order valence-corrected chi connectivity index (χ2v) is 5.07. The smallest absolute Gasteiger partial charge is 0.115 e. The summed E-state index contributed by atoms with van der Waals surface area (Å²) >= 11 is 0. The van der Waals surface area contributed by atoms with Crippen molar-refractivity contribution in [2.24, 2.45) is 5.73 Å². The summed E-state index contributed by atoms with van der Waals surface area (Å²) < 4.78 is 14.3. The molecule has 1 nitrogen and oxygen atoms in total. The van der Waals surface area contributed by atoms with Crippen LogP contribution in [0.1, 0.15) is 49.8 Å². The van der Waals surface area contributed by atoms with E-state index in [9.17, 15) is 4.39 Å². The van der Waals surface area contributed by atoms with E-state index in [0.717, 1.165) is 36.8 Å². The number of hydrogen-bond donors (Lipinski definition) is 1. The van der Waals surface area contributed by atoms with Crippen LogP contribution >= 0.6 is 0 Å². The molecular formula is C14H20FN. The first-order valence-corrected chi connectivity index (χ1v) is 6.12. The van der Waals surface area contributed by atoms with Gasteiger partial charge in [0, 0.05) is 12.5 Å². The lowest BCUT2D eigenvalue weighted by atomic mass is 9.93. The van der Waals surface area contributed by atoms with Crippen molar-refractivity contribution in [1.29, 1.82) is 0 Å². The Morgan fingerprint density at radius 2 is 2.06 bits per heavy atom. The zero-order valence-corrected chi connectivity index (χ0v) is 9.88. The first kappa shape index (κ1) is 11.6. The summed E-state index contributed by atoms with van der Waals surface area (Å²) in [5, 5.41) is 0. The van der Waals surface area contributed by atoms with Gasteiger partial charge in [-0.15, -0.1) is 0 Å². The van der Waals surface area contributed by atoms with Crippen LogP contribution in [-0.2, 0) is 6.42 Å². The van der Waals surface area contributed by atoms with Gasteiger partial charge in [-0.1, -0.05) is 37.1 Å². The topological polar surface area (TPSA) is 26.0 Å². The van der Waals surface area contributed by atoms with E-state index in [1.165, 1.54) is 0 Å². The van der Waals surface area contributed by atoms with Gasteiger partial charge in [0.05, 0.1) is 0 Å². The predicted octanol–water partition coefficient (Wildman–Crippen LogP) is 3.53. The van der Waals surface area contributed by atoms with Crippen molar-refractivity contribution >= 4 is 0 Å². The first-order valence-electron chi connectivity index (χ1n) is 6.12. The molecular weight excluding hydrogens is 201 g/mol. The van der Waals surface area contributed by atoms with Gasteiger partial charge in [0.1, 0.15) is 5.67 Å². The molecule has 1 unspecified atom stereocenters. The number of halogens is 1. The second kappa shape index (κ2) is 4.54. The van der Waals surface area contributed by atoms with E-state index in [4.69, 9.17) is 5.73 Å². The van der Waals surface area contributed by atoms with E-state index < -0.39 is 5.67 Å². The minimum absolute atomic E-state index is 0.0269. The van der Waals surface area contributed by atoms with Crippen LogP contribution in [0, 0.1) is 0 Å². The predicted molar refractivity (Wildman–Crippen MR) is 65.1 cm³/mol. The molecule has 0 spiro atoms. The third-order valence-corrected chi connectivity index (χ3v) is 3.50. The van der Waals surface area contributed by atoms with Gasteiger partial charge in [0.25, 0.3) is 0 Å². The monoisotopic (exact) mass is 221 g/mol. The molecule has 0 aliphatic heterocycles. The quantitative estimate of drug-likeness (QED) is 0.830. The number of hydrogen-bond acceptors (Lipinski definition) is 1. The number of nitrogens with two attached hydrogens (primary N) is 1. The fourth-order valence-corrected chi connectivity index (χ4v) is 2.54. The van der Waals surface area contributed by atoms with Gasteiger partial charge >= 0.3 is 0 Å². The molecule has 1 fully saturated rings. The van der Waals surface area contributed by atoms with Gasteiger partial charge < -0.3 is 5.73 Å². The van der Waals surface area contributed by atoms with Crippen LogP contribution in [-0.4, -0.2) is 5.67 Å². The molecule has 2 rings (SSSR count). The Kier molecular flexibility index (Phi) is 3.29.